The zero-order valence-electron chi connectivity index (χ0n) is 14.9. The van der Waals surface area contributed by atoms with Gasteiger partial charge in [-0.25, -0.2) is 4.98 Å². The molecule has 1 heterocycles. The summed E-state index contributed by atoms with van der Waals surface area (Å²) in [5, 5.41) is 14.7. The van der Waals surface area contributed by atoms with E-state index >= 15 is 0 Å². The van der Waals surface area contributed by atoms with E-state index in [0.29, 0.717) is 21.8 Å². The highest BCUT2D eigenvalue weighted by molar-refractivity contribution is 8.00. The summed E-state index contributed by atoms with van der Waals surface area (Å²) in [7, 11) is 0. The molecule has 0 aliphatic carbocycles. The number of nitriles is 1. The lowest BCUT2D eigenvalue weighted by Gasteiger charge is -2.10. The van der Waals surface area contributed by atoms with Crippen molar-refractivity contribution in [3.8, 4) is 6.07 Å². The number of benzene rings is 2. The fourth-order valence-electron chi connectivity index (χ4n) is 2.78. The minimum absolute atomic E-state index is 0.115. The Kier molecular flexibility index (Phi) is 5.53. The number of anilines is 1. The second-order valence-corrected chi connectivity index (χ2v) is 6.97. The molecule has 0 atom stereocenters. The summed E-state index contributed by atoms with van der Waals surface area (Å²) < 4.78 is 0. The average molecular weight is 375 g/mol. The number of aryl methyl sites for hydroxylation is 1. The molecule has 134 valence electrons. The van der Waals surface area contributed by atoms with Gasteiger partial charge in [0.25, 0.3) is 0 Å². The van der Waals surface area contributed by atoms with Gasteiger partial charge >= 0.3 is 0 Å². The van der Waals surface area contributed by atoms with Crippen LogP contribution in [0.4, 0.5) is 5.69 Å². The molecular weight excluding hydrogens is 358 g/mol. The Labute approximate surface area is 161 Å². The third-order valence-electron chi connectivity index (χ3n) is 4.08. The first-order chi connectivity index (χ1) is 13.0. The van der Waals surface area contributed by atoms with Crippen molar-refractivity contribution in [2.45, 2.75) is 18.9 Å². The van der Waals surface area contributed by atoms with Crippen molar-refractivity contribution < 1.29 is 9.59 Å². The lowest BCUT2D eigenvalue weighted by atomic mass is 10.1. The Hall–Kier alpha value is -3.17. The fourth-order valence-corrected chi connectivity index (χ4v) is 3.59. The van der Waals surface area contributed by atoms with Gasteiger partial charge in [0.1, 0.15) is 11.1 Å². The van der Waals surface area contributed by atoms with E-state index < -0.39 is 0 Å². The molecule has 0 bridgehead atoms. The zero-order valence-corrected chi connectivity index (χ0v) is 15.8. The lowest BCUT2D eigenvalue weighted by Crippen LogP contribution is -2.14. The molecule has 27 heavy (non-hydrogen) atoms. The number of rotatable bonds is 5. The average Bonchev–Trinajstić information content (AvgIpc) is 2.66. The van der Waals surface area contributed by atoms with Gasteiger partial charge in [-0.2, -0.15) is 5.26 Å². The molecule has 0 saturated heterocycles. The van der Waals surface area contributed by atoms with Gasteiger partial charge < -0.3 is 5.32 Å². The Balaban J connectivity index is 1.75. The highest BCUT2D eigenvalue weighted by Gasteiger charge is 2.14. The molecule has 3 rings (SSSR count). The van der Waals surface area contributed by atoms with Crippen LogP contribution in [-0.2, 0) is 4.79 Å². The van der Waals surface area contributed by atoms with Crippen LogP contribution >= 0.6 is 11.8 Å². The minimum Gasteiger partial charge on any atom is -0.325 e. The number of amides is 1. The monoisotopic (exact) mass is 375 g/mol. The molecule has 2 aromatic carbocycles. The largest absolute Gasteiger partial charge is 0.325 e. The van der Waals surface area contributed by atoms with E-state index in [2.05, 4.69) is 10.3 Å². The highest BCUT2D eigenvalue weighted by Crippen LogP contribution is 2.25. The van der Waals surface area contributed by atoms with Crippen molar-refractivity contribution in [2.75, 3.05) is 11.1 Å². The molecule has 0 fully saturated rings. The predicted molar refractivity (Wildman–Crippen MR) is 107 cm³/mol. The number of nitrogens with zero attached hydrogens (tertiary/aromatic N) is 2. The van der Waals surface area contributed by atoms with Crippen LogP contribution in [0.5, 0.6) is 0 Å². The number of Topliss-reactive ketones (excluding diaryl/α,β-unsaturated/α-hetero) is 1. The molecule has 0 radical (unpaired) electrons. The van der Waals surface area contributed by atoms with Crippen LogP contribution in [0.2, 0.25) is 0 Å². The number of aromatic nitrogens is 1. The minimum atomic E-state index is -0.185. The first-order valence-corrected chi connectivity index (χ1v) is 9.31. The lowest BCUT2D eigenvalue weighted by molar-refractivity contribution is -0.113. The van der Waals surface area contributed by atoms with Crippen molar-refractivity contribution in [3.05, 3.63) is 65.4 Å². The maximum atomic E-state index is 12.4. The van der Waals surface area contributed by atoms with Gasteiger partial charge in [0.05, 0.1) is 11.3 Å². The summed E-state index contributed by atoms with van der Waals surface area (Å²) >= 11 is 1.18. The number of nitrogens with one attached hydrogen (secondary N) is 1. The van der Waals surface area contributed by atoms with Gasteiger partial charge in [0, 0.05) is 22.3 Å². The molecule has 3 aromatic rings. The fraction of sp³-hybridized carbons (Fsp3) is 0.143. The van der Waals surface area contributed by atoms with Crippen LogP contribution in [0.1, 0.15) is 28.5 Å². The van der Waals surface area contributed by atoms with E-state index in [1.807, 2.05) is 48.5 Å². The number of hydrogen-bond donors (Lipinski definition) is 1. The van der Waals surface area contributed by atoms with Gasteiger partial charge in [-0.15, -0.1) is 0 Å². The Morgan fingerprint density at radius 3 is 2.67 bits per heavy atom. The predicted octanol–water partition coefficient (Wildman–Crippen LogP) is 4.35. The van der Waals surface area contributed by atoms with Crippen LogP contribution < -0.4 is 5.32 Å². The Bertz CT molecular complexity index is 1080. The van der Waals surface area contributed by atoms with Gasteiger partial charge in [-0.05, 0) is 31.4 Å². The van der Waals surface area contributed by atoms with Gasteiger partial charge in [0.15, 0.2) is 5.78 Å². The molecule has 0 saturated carbocycles. The molecule has 0 unspecified atom stereocenters. The molecule has 1 aromatic heterocycles. The summed E-state index contributed by atoms with van der Waals surface area (Å²) in [5.74, 6) is -0.207. The highest BCUT2D eigenvalue weighted by atomic mass is 32.2. The Morgan fingerprint density at radius 1 is 1.19 bits per heavy atom. The number of pyridine rings is 1. The van der Waals surface area contributed by atoms with E-state index in [-0.39, 0.29) is 17.4 Å². The maximum Gasteiger partial charge on any atom is 0.234 e. The number of hydrogen-bond acceptors (Lipinski definition) is 5. The number of ketones is 1. The van der Waals surface area contributed by atoms with Crippen molar-refractivity contribution in [2.24, 2.45) is 0 Å². The second kappa shape index (κ2) is 8.02. The SMILES string of the molecule is CC(=O)c1cc(C#N)c(SCC(=O)Nc2cccc3ccccc23)nc1C. The number of carbonyl (C=O) groups excluding carboxylic acids is 2. The van der Waals surface area contributed by atoms with E-state index in [4.69, 9.17) is 0 Å². The molecule has 1 amide bonds. The summed E-state index contributed by atoms with van der Waals surface area (Å²) in [6, 6.07) is 17.1. The van der Waals surface area contributed by atoms with Gasteiger partial charge in [-0.1, -0.05) is 48.2 Å². The zero-order chi connectivity index (χ0) is 19.4. The maximum absolute atomic E-state index is 12.4. The van der Waals surface area contributed by atoms with Crippen molar-refractivity contribution in [1.29, 1.82) is 5.26 Å². The summed E-state index contributed by atoms with van der Waals surface area (Å²) in [4.78, 5) is 28.3. The van der Waals surface area contributed by atoms with E-state index in [9.17, 15) is 14.9 Å². The smallest absolute Gasteiger partial charge is 0.234 e. The molecule has 6 heteroatoms. The van der Waals surface area contributed by atoms with E-state index in [1.54, 1.807) is 6.92 Å². The Morgan fingerprint density at radius 2 is 1.93 bits per heavy atom. The molecule has 0 aliphatic rings. The molecule has 1 N–H and O–H groups in total. The van der Waals surface area contributed by atoms with Gasteiger partial charge in [-0.3, -0.25) is 9.59 Å². The van der Waals surface area contributed by atoms with Gasteiger partial charge in [0.2, 0.25) is 5.91 Å². The topological polar surface area (TPSA) is 82.8 Å². The number of fused-ring (bicyclic) bond motifs is 1. The third-order valence-corrected chi connectivity index (χ3v) is 5.07. The number of carbonyl (C=O) groups is 2. The first kappa shape index (κ1) is 18.6. The van der Waals surface area contributed by atoms with E-state index in [0.717, 1.165) is 16.5 Å². The van der Waals surface area contributed by atoms with E-state index in [1.165, 1.54) is 24.8 Å². The molecule has 0 spiro atoms. The van der Waals surface area contributed by atoms with Crippen LogP contribution in [-0.4, -0.2) is 22.4 Å². The quantitative estimate of drug-likeness (QED) is 0.529. The standard InChI is InChI=1S/C21H17N3O2S/c1-13-18(14(2)25)10-16(11-22)21(23-13)27-12-20(26)24-19-9-5-7-15-6-3-4-8-17(15)19/h3-10H,12H2,1-2H3,(H,24,26). The van der Waals surface area contributed by atoms with Crippen molar-refractivity contribution in [3.63, 3.8) is 0 Å². The first-order valence-electron chi connectivity index (χ1n) is 8.32. The second-order valence-electron chi connectivity index (χ2n) is 6.01. The van der Waals surface area contributed by atoms with Crippen LogP contribution in [0.15, 0.2) is 53.6 Å². The summed E-state index contributed by atoms with van der Waals surface area (Å²) in [6.07, 6.45) is 0. The summed E-state index contributed by atoms with van der Waals surface area (Å²) in [6.45, 7) is 3.16. The third kappa shape index (κ3) is 4.15. The normalized spacial score (nSPS) is 10.4. The van der Waals surface area contributed by atoms with Crippen LogP contribution in [0.3, 0.4) is 0 Å². The molecule has 5 nitrogen and oxygen atoms in total. The van der Waals surface area contributed by atoms with Crippen molar-refractivity contribution >= 4 is 39.9 Å². The molecule has 0 aliphatic heterocycles. The molecular formula is C21H17N3O2S. The number of thioether (sulfide) groups is 1. The van der Waals surface area contributed by atoms with Crippen LogP contribution in [0.25, 0.3) is 10.8 Å². The van der Waals surface area contributed by atoms with Crippen molar-refractivity contribution in [1.82, 2.24) is 4.98 Å². The summed E-state index contributed by atoms with van der Waals surface area (Å²) in [5.41, 5.74) is 2.03. The van der Waals surface area contributed by atoms with Crippen LogP contribution in [0, 0.1) is 18.3 Å².